The van der Waals surface area contributed by atoms with Crippen LogP contribution in [0.25, 0.3) is 0 Å². The largest absolute Gasteiger partial charge is 0.325 e. The van der Waals surface area contributed by atoms with Crippen molar-refractivity contribution in [3.63, 3.8) is 0 Å². The number of benzene rings is 2. The zero-order chi connectivity index (χ0) is 19.4. The number of aryl methyl sites for hydroxylation is 1. The zero-order valence-corrected chi connectivity index (χ0v) is 18.0. The summed E-state index contributed by atoms with van der Waals surface area (Å²) in [4.78, 5) is 22.0. The summed E-state index contributed by atoms with van der Waals surface area (Å²) in [5.74, 6) is 0.244. The van der Waals surface area contributed by atoms with E-state index >= 15 is 0 Å². The molecule has 1 aliphatic rings. The Morgan fingerprint density at radius 2 is 1.78 bits per heavy atom. The first-order valence-corrected chi connectivity index (χ1v) is 10.6. The number of rotatable bonds is 5. The lowest BCUT2D eigenvalue weighted by Gasteiger charge is -2.13. The third-order valence-electron chi connectivity index (χ3n) is 4.36. The van der Waals surface area contributed by atoms with Crippen molar-refractivity contribution in [2.45, 2.75) is 32.9 Å². The van der Waals surface area contributed by atoms with Gasteiger partial charge in [-0.25, -0.2) is 4.99 Å². The first kappa shape index (κ1) is 19.8. The fourth-order valence-electron chi connectivity index (χ4n) is 2.61. The van der Waals surface area contributed by atoms with Crippen LogP contribution in [0.15, 0.2) is 63.0 Å². The van der Waals surface area contributed by atoms with E-state index in [4.69, 9.17) is 9.98 Å². The fraction of sp³-hybridized carbons (Fsp3) is 0.286. The highest BCUT2D eigenvalue weighted by Gasteiger charge is 2.31. The number of carbonyl (C=O) groups is 1. The molecular weight excluding hydrogens is 422 g/mol. The number of thioether (sulfide) groups is 1. The van der Waals surface area contributed by atoms with Crippen molar-refractivity contribution >= 4 is 50.0 Å². The molecule has 2 aromatic rings. The summed E-state index contributed by atoms with van der Waals surface area (Å²) in [6, 6.07) is 15.8. The van der Waals surface area contributed by atoms with E-state index in [0.717, 1.165) is 38.5 Å². The van der Waals surface area contributed by atoms with Gasteiger partial charge in [0.1, 0.15) is 10.7 Å². The Morgan fingerprint density at radius 1 is 1.11 bits per heavy atom. The molecule has 0 saturated carbocycles. The smallest absolute Gasteiger partial charge is 0.234 e. The number of amides is 1. The highest BCUT2D eigenvalue weighted by molar-refractivity contribution is 9.10. The van der Waals surface area contributed by atoms with Crippen molar-refractivity contribution in [3.05, 3.63) is 64.1 Å². The van der Waals surface area contributed by atoms with Gasteiger partial charge in [-0.3, -0.25) is 9.79 Å². The van der Waals surface area contributed by atoms with Crippen LogP contribution in [0.5, 0.6) is 0 Å². The summed E-state index contributed by atoms with van der Waals surface area (Å²) in [6.07, 6.45) is 0.812. The van der Waals surface area contributed by atoms with E-state index in [1.165, 1.54) is 11.8 Å². The Balaban J connectivity index is 1.70. The molecule has 0 aliphatic carbocycles. The van der Waals surface area contributed by atoms with Crippen molar-refractivity contribution in [2.75, 3.05) is 11.1 Å². The topological polar surface area (TPSA) is 53.8 Å². The molecule has 0 spiro atoms. The van der Waals surface area contributed by atoms with Crippen LogP contribution in [0, 0.1) is 6.92 Å². The molecule has 0 radical (unpaired) electrons. The van der Waals surface area contributed by atoms with Crippen molar-refractivity contribution in [1.82, 2.24) is 0 Å². The molecule has 1 amide bonds. The van der Waals surface area contributed by atoms with Crippen molar-refractivity contribution in [1.29, 1.82) is 0 Å². The SMILES string of the molecule is CC[C@]1(C)N=C(SCC(=O)Nc2ccc(C)cc2)C(c2ccc(Br)cc2)=N1. The van der Waals surface area contributed by atoms with Gasteiger partial charge < -0.3 is 5.32 Å². The molecule has 1 N–H and O–H groups in total. The molecule has 0 aromatic heterocycles. The monoisotopic (exact) mass is 443 g/mol. The van der Waals surface area contributed by atoms with Crippen LogP contribution in [0.3, 0.4) is 0 Å². The minimum absolute atomic E-state index is 0.0492. The zero-order valence-electron chi connectivity index (χ0n) is 15.6. The molecular formula is C21H22BrN3OS. The summed E-state index contributed by atoms with van der Waals surface area (Å²) >= 11 is 4.90. The summed E-state index contributed by atoms with van der Waals surface area (Å²) in [6.45, 7) is 6.11. The van der Waals surface area contributed by atoms with E-state index in [2.05, 4.69) is 28.2 Å². The number of nitrogens with zero attached hydrogens (tertiary/aromatic N) is 2. The van der Waals surface area contributed by atoms with Crippen LogP contribution in [0.2, 0.25) is 0 Å². The number of carbonyl (C=O) groups excluding carboxylic acids is 1. The standard InChI is InChI=1S/C21H22BrN3OS/c1-4-21(3)24-19(15-7-9-16(22)10-8-15)20(25-21)27-13-18(26)23-17-11-5-14(2)6-12-17/h5-12H,4,13H2,1-3H3,(H,23,26)/t21-/m0/s1. The predicted molar refractivity (Wildman–Crippen MR) is 119 cm³/mol. The Kier molecular flexibility index (Phi) is 6.17. The highest BCUT2D eigenvalue weighted by Crippen LogP contribution is 2.30. The lowest BCUT2D eigenvalue weighted by Crippen LogP contribution is -2.17. The maximum Gasteiger partial charge on any atom is 0.234 e. The quantitative estimate of drug-likeness (QED) is 0.666. The first-order valence-electron chi connectivity index (χ1n) is 8.84. The van der Waals surface area contributed by atoms with Crippen LogP contribution in [-0.4, -0.2) is 28.1 Å². The second-order valence-corrected chi connectivity index (χ2v) is 8.54. The molecule has 27 heavy (non-hydrogen) atoms. The van der Waals surface area contributed by atoms with E-state index in [0.29, 0.717) is 5.75 Å². The lowest BCUT2D eigenvalue weighted by atomic mass is 10.1. The van der Waals surface area contributed by atoms with Gasteiger partial charge in [-0.2, -0.15) is 0 Å². The van der Waals surface area contributed by atoms with Crippen LogP contribution < -0.4 is 5.32 Å². The molecule has 0 unspecified atom stereocenters. The average molecular weight is 444 g/mol. The van der Waals surface area contributed by atoms with Crippen LogP contribution in [0.4, 0.5) is 5.69 Å². The van der Waals surface area contributed by atoms with Gasteiger partial charge in [-0.1, -0.05) is 64.4 Å². The molecule has 0 fully saturated rings. The summed E-state index contributed by atoms with van der Waals surface area (Å²) < 4.78 is 1.02. The van der Waals surface area contributed by atoms with Gasteiger partial charge in [-0.05, 0) is 44.5 Å². The first-order chi connectivity index (χ1) is 12.9. The van der Waals surface area contributed by atoms with E-state index in [1.54, 1.807) is 0 Å². The van der Waals surface area contributed by atoms with Gasteiger partial charge in [0.25, 0.3) is 0 Å². The molecule has 6 heteroatoms. The molecule has 1 atom stereocenters. The Labute approximate surface area is 172 Å². The summed E-state index contributed by atoms with van der Waals surface area (Å²) in [5, 5.41) is 3.75. The minimum atomic E-state index is -0.460. The van der Waals surface area contributed by atoms with E-state index < -0.39 is 5.66 Å². The van der Waals surface area contributed by atoms with Gasteiger partial charge in [0.2, 0.25) is 5.91 Å². The maximum absolute atomic E-state index is 12.3. The minimum Gasteiger partial charge on any atom is -0.325 e. The number of anilines is 1. The van der Waals surface area contributed by atoms with Crippen molar-refractivity contribution in [2.24, 2.45) is 9.98 Å². The van der Waals surface area contributed by atoms with Crippen LogP contribution in [-0.2, 0) is 4.79 Å². The molecule has 0 saturated heterocycles. The van der Waals surface area contributed by atoms with Crippen molar-refractivity contribution in [3.8, 4) is 0 Å². The van der Waals surface area contributed by atoms with Crippen LogP contribution in [0.1, 0.15) is 31.4 Å². The predicted octanol–water partition coefficient (Wildman–Crippen LogP) is 5.46. The van der Waals surface area contributed by atoms with E-state index in [1.807, 2.05) is 62.4 Å². The van der Waals surface area contributed by atoms with E-state index in [-0.39, 0.29) is 5.91 Å². The Morgan fingerprint density at radius 3 is 2.41 bits per heavy atom. The van der Waals surface area contributed by atoms with Gasteiger partial charge in [0, 0.05) is 15.7 Å². The average Bonchev–Trinajstić information content (AvgIpc) is 3.00. The molecule has 0 bridgehead atoms. The highest BCUT2D eigenvalue weighted by atomic mass is 79.9. The molecule has 1 aliphatic heterocycles. The number of hydrogen-bond acceptors (Lipinski definition) is 4. The molecule has 4 nitrogen and oxygen atoms in total. The third kappa shape index (κ3) is 5.08. The lowest BCUT2D eigenvalue weighted by molar-refractivity contribution is -0.113. The van der Waals surface area contributed by atoms with Crippen LogP contribution >= 0.6 is 27.7 Å². The van der Waals surface area contributed by atoms with Gasteiger partial charge in [0.15, 0.2) is 0 Å². The molecule has 1 heterocycles. The summed E-state index contributed by atoms with van der Waals surface area (Å²) in [7, 11) is 0. The molecule has 140 valence electrons. The summed E-state index contributed by atoms with van der Waals surface area (Å²) in [5.41, 5.74) is 3.38. The molecule has 2 aromatic carbocycles. The Bertz CT molecular complexity index is 891. The number of hydrogen-bond donors (Lipinski definition) is 1. The van der Waals surface area contributed by atoms with Gasteiger partial charge in [-0.15, -0.1) is 0 Å². The Hall–Kier alpha value is -1.92. The number of nitrogens with one attached hydrogen (secondary N) is 1. The number of aliphatic imine (C=N–C) groups is 2. The fourth-order valence-corrected chi connectivity index (χ4v) is 3.77. The maximum atomic E-state index is 12.3. The van der Waals surface area contributed by atoms with Gasteiger partial charge >= 0.3 is 0 Å². The molecule has 3 rings (SSSR count). The third-order valence-corrected chi connectivity index (χ3v) is 5.85. The van der Waals surface area contributed by atoms with E-state index in [9.17, 15) is 4.79 Å². The van der Waals surface area contributed by atoms with Crippen molar-refractivity contribution < 1.29 is 4.79 Å². The number of halogens is 1. The normalized spacial score (nSPS) is 18.8. The second kappa shape index (κ2) is 8.40. The van der Waals surface area contributed by atoms with Gasteiger partial charge in [0.05, 0.1) is 11.5 Å². The second-order valence-electron chi connectivity index (χ2n) is 6.66.